The quantitative estimate of drug-likeness (QED) is 0.734. The first kappa shape index (κ1) is 16.9. The number of nitrogens with one attached hydrogen (secondary N) is 2. The lowest BCUT2D eigenvalue weighted by atomic mass is 10.2. The molecule has 2 aromatic rings. The van der Waals surface area contributed by atoms with Crippen molar-refractivity contribution >= 4 is 11.9 Å². The minimum Gasteiger partial charge on any atom is -0.352 e. The molecule has 1 amide bonds. The van der Waals surface area contributed by atoms with E-state index in [1.807, 2.05) is 0 Å². The van der Waals surface area contributed by atoms with Crippen LogP contribution in [0.15, 0.2) is 36.7 Å². The molecule has 0 radical (unpaired) electrons. The number of benzene rings is 1. The van der Waals surface area contributed by atoms with Crippen LogP contribution in [0.3, 0.4) is 0 Å². The molecular weight excluding hydrogens is 295 g/mol. The van der Waals surface area contributed by atoms with Crippen LogP contribution in [-0.4, -0.2) is 22.4 Å². The fourth-order valence-corrected chi connectivity index (χ4v) is 2.03. The summed E-state index contributed by atoms with van der Waals surface area (Å²) in [6.45, 7) is 3.05. The van der Waals surface area contributed by atoms with Crippen LogP contribution in [0.2, 0.25) is 0 Å². The van der Waals surface area contributed by atoms with Crippen LogP contribution in [0.25, 0.3) is 0 Å². The Bertz CT molecular complexity index is 631. The van der Waals surface area contributed by atoms with Gasteiger partial charge < -0.3 is 10.6 Å². The first-order chi connectivity index (χ1) is 11.2. The van der Waals surface area contributed by atoms with Gasteiger partial charge in [-0.1, -0.05) is 38.0 Å². The summed E-state index contributed by atoms with van der Waals surface area (Å²) in [5.41, 5.74) is 0.951. The first-order valence-electron chi connectivity index (χ1n) is 7.78. The Labute approximate surface area is 135 Å². The second-order valence-corrected chi connectivity index (χ2v) is 5.20. The summed E-state index contributed by atoms with van der Waals surface area (Å²) < 4.78 is 13.5. The number of halogens is 1. The minimum absolute atomic E-state index is 0.179. The summed E-state index contributed by atoms with van der Waals surface area (Å²) in [6.07, 6.45) is 6.10. The molecule has 6 heteroatoms. The highest BCUT2D eigenvalue weighted by atomic mass is 19.1. The first-order valence-corrected chi connectivity index (χ1v) is 7.78. The molecule has 122 valence electrons. The van der Waals surface area contributed by atoms with Crippen LogP contribution in [0.4, 0.5) is 10.3 Å². The normalized spacial score (nSPS) is 10.3. The summed E-state index contributed by atoms with van der Waals surface area (Å²) in [6, 6.07) is 6.51. The number of hydrogen-bond donors (Lipinski definition) is 2. The van der Waals surface area contributed by atoms with Gasteiger partial charge in [-0.3, -0.25) is 4.79 Å². The number of rotatable bonds is 8. The van der Waals surface area contributed by atoms with E-state index in [0.717, 1.165) is 19.3 Å². The van der Waals surface area contributed by atoms with E-state index in [-0.39, 0.29) is 18.3 Å². The van der Waals surface area contributed by atoms with Crippen LogP contribution >= 0.6 is 0 Å². The van der Waals surface area contributed by atoms with E-state index in [1.165, 1.54) is 18.5 Å². The summed E-state index contributed by atoms with van der Waals surface area (Å²) in [4.78, 5) is 20.0. The maximum atomic E-state index is 13.5. The van der Waals surface area contributed by atoms with Gasteiger partial charge in [0.2, 0.25) is 5.95 Å². The van der Waals surface area contributed by atoms with Crippen molar-refractivity contribution < 1.29 is 9.18 Å². The minimum atomic E-state index is -0.275. The molecule has 0 unspecified atom stereocenters. The molecule has 0 bridgehead atoms. The van der Waals surface area contributed by atoms with E-state index in [1.54, 1.807) is 18.2 Å². The number of hydrogen-bond acceptors (Lipinski definition) is 4. The predicted molar refractivity (Wildman–Crippen MR) is 87.6 cm³/mol. The lowest BCUT2D eigenvalue weighted by molar-refractivity contribution is 0.0952. The van der Waals surface area contributed by atoms with Crippen molar-refractivity contribution in [3.63, 3.8) is 0 Å². The van der Waals surface area contributed by atoms with Gasteiger partial charge in [0.1, 0.15) is 5.82 Å². The van der Waals surface area contributed by atoms with Crippen molar-refractivity contribution in [2.24, 2.45) is 0 Å². The highest BCUT2D eigenvalue weighted by Crippen LogP contribution is 2.08. The van der Waals surface area contributed by atoms with E-state index in [2.05, 4.69) is 27.5 Å². The third-order valence-electron chi connectivity index (χ3n) is 3.37. The molecule has 0 atom stereocenters. The van der Waals surface area contributed by atoms with Crippen LogP contribution in [0.5, 0.6) is 0 Å². The van der Waals surface area contributed by atoms with Crippen LogP contribution in [-0.2, 0) is 6.54 Å². The predicted octanol–water partition coefficient (Wildman–Crippen LogP) is 3.15. The third-order valence-corrected chi connectivity index (χ3v) is 3.37. The molecule has 0 saturated carbocycles. The lowest BCUT2D eigenvalue weighted by Gasteiger charge is -2.07. The molecule has 5 nitrogen and oxygen atoms in total. The smallest absolute Gasteiger partial charge is 0.254 e. The number of aromatic nitrogens is 2. The van der Waals surface area contributed by atoms with Gasteiger partial charge in [-0.05, 0) is 12.5 Å². The highest BCUT2D eigenvalue weighted by Gasteiger charge is 2.07. The zero-order valence-corrected chi connectivity index (χ0v) is 13.2. The zero-order chi connectivity index (χ0) is 16.5. The van der Waals surface area contributed by atoms with Crippen molar-refractivity contribution in [2.75, 3.05) is 11.9 Å². The van der Waals surface area contributed by atoms with E-state index >= 15 is 0 Å². The standard InChI is InChI=1S/C17H21FN4O/c1-2-3-6-9-19-16(23)14-11-21-17(22-12-14)20-10-13-7-4-5-8-15(13)18/h4-5,7-8,11-12H,2-3,6,9-10H2,1H3,(H,19,23)(H,20,21,22). The molecule has 0 fully saturated rings. The molecule has 0 spiro atoms. The molecule has 0 saturated heterocycles. The Balaban J connectivity index is 1.84. The second kappa shape index (κ2) is 8.82. The Kier molecular flexibility index (Phi) is 6.47. The zero-order valence-electron chi connectivity index (χ0n) is 13.2. The fourth-order valence-electron chi connectivity index (χ4n) is 2.03. The largest absolute Gasteiger partial charge is 0.352 e. The van der Waals surface area contributed by atoms with Crippen molar-refractivity contribution in [1.82, 2.24) is 15.3 Å². The van der Waals surface area contributed by atoms with Crippen LogP contribution in [0.1, 0.15) is 42.1 Å². The molecule has 1 heterocycles. The average molecular weight is 316 g/mol. The number of unbranched alkanes of at least 4 members (excludes halogenated alkanes) is 2. The molecule has 1 aromatic heterocycles. The lowest BCUT2D eigenvalue weighted by Crippen LogP contribution is -2.24. The van der Waals surface area contributed by atoms with Crippen molar-refractivity contribution in [3.8, 4) is 0 Å². The van der Waals surface area contributed by atoms with Gasteiger partial charge in [0, 0.05) is 31.0 Å². The van der Waals surface area contributed by atoms with Gasteiger partial charge in [0.25, 0.3) is 5.91 Å². The van der Waals surface area contributed by atoms with Gasteiger partial charge in [-0.25, -0.2) is 14.4 Å². The van der Waals surface area contributed by atoms with Crippen molar-refractivity contribution in [2.45, 2.75) is 32.7 Å². The molecule has 23 heavy (non-hydrogen) atoms. The van der Waals surface area contributed by atoms with Crippen molar-refractivity contribution in [3.05, 3.63) is 53.6 Å². The summed E-state index contributed by atoms with van der Waals surface area (Å²) in [5.74, 6) is -0.0966. The third kappa shape index (κ3) is 5.32. The summed E-state index contributed by atoms with van der Waals surface area (Å²) in [5, 5.41) is 5.76. The molecular formula is C17H21FN4O. The Hall–Kier alpha value is -2.50. The summed E-state index contributed by atoms with van der Waals surface area (Å²) >= 11 is 0. The van der Waals surface area contributed by atoms with E-state index in [0.29, 0.717) is 23.6 Å². The maximum absolute atomic E-state index is 13.5. The van der Waals surface area contributed by atoms with E-state index in [9.17, 15) is 9.18 Å². The Morgan fingerprint density at radius 2 is 1.91 bits per heavy atom. The number of carbonyl (C=O) groups is 1. The molecule has 1 aromatic carbocycles. The van der Waals surface area contributed by atoms with E-state index in [4.69, 9.17) is 0 Å². The molecule has 2 N–H and O–H groups in total. The monoisotopic (exact) mass is 316 g/mol. The van der Waals surface area contributed by atoms with Crippen LogP contribution in [0, 0.1) is 5.82 Å². The Morgan fingerprint density at radius 1 is 1.17 bits per heavy atom. The highest BCUT2D eigenvalue weighted by molar-refractivity contribution is 5.93. The van der Waals surface area contributed by atoms with Gasteiger partial charge in [0.15, 0.2) is 0 Å². The second-order valence-electron chi connectivity index (χ2n) is 5.20. The van der Waals surface area contributed by atoms with Gasteiger partial charge >= 0.3 is 0 Å². The molecule has 0 aliphatic carbocycles. The average Bonchev–Trinajstić information content (AvgIpc) is 2.58. The molecule has 0 aliphatic heterocycles. The van der Waals surface area contributed by atoms with Crippen LogP contribution < -0.4 is 10.6 Å². The number of amides is 1. The van der Waals surface area contributed by atoms with E-state index < -0.39 is 0 Å². The van der Waals surface area contributed by atoms with Gasteiger partial charge in [-0.2, -0.15) is 0 Å². The molecule has 2 rings (SSSR count). The SMILES string of the molecule is CCCCCNC(=O)c1cnc(NCc2ccccc2F)nc1. The van der Waals surface area contributed by atoms with Gasteiger partial charge in [-0.15, -0.1) is 0 Å². The number of nitrogens with zero attached hydrogens (tertiary/aromatic N) is 2. The fraction of sp³-hybridized carbons (Fsp3) is 0.353. The molecule has 0 aliphatic rings. The summed E-state index contributed by atoms with van der Waals surface area (Å²) in [7, 11) is 0. The Morgan fingerprint density at radius 3 is 2.61 bits per heavy atom. The number of carbonyl (C=O) groups excluding carboxylic acids is 1. The van der Waals surface area contributed by atoms with Crippen molar-refractivity contribution in [1.29, 1.82) is 0 Å². The number of anilines is 1. The van der Waals surface area contributed by atoms with Gasteiger partial charge in [0.05, 0.1) is 5.56 Å². The maximum Gasteiger partial charge on any atom is 0.254 e. The topological polar surface area (TPSA) is 66.9 Å².